The lowest BCUT2D eigenvalue weighted by molar-refractivity contribution is -0.0387. The van der Waals surface area contributed by atoms with Crippen molar-refractivity contribution in [3.8, 4) is 0 Å². The average Bonchev–Trinajstić information content (AvgIpc) is 2.48. The van der Waals surface area contributed by atoms with Crippen molar-refractivity contribution in [3.05, 3.63) is 29.3 Å². The molecular formula is C16H23ClN2O2. The molecule has 0 saturated carbocycles. The fraction of sp³-hybridized carbons (Fsp3) is 0.562. The molecule has 1 fully saturated rings. The molecule has 2 aliphatic rings. The fourth-order valence-electron chi connectivity index (χ4n) is 3.05. The van der Waals surface area contributed by atoms with E-state index in [2.05, 4.69) is 18.3 Å². The van der Waals surface area contributed by atoms with Crippen LogP contribution in [-0.4, -0.2) is 42.6 Å². The second-order valence-corrected chi connectivity index (χ2v) is 5.81. The molecule has 5 heteroatoms. The monoisotopic (exact) mass is 310 g/mol. The fourth-order valence-corrected chi connectivity index (χ4v) is 3.05. The number of fused-ring (bicyclic) bond motifs is 1. The van der Waals surface area contributed by atoms with Crippen molar-refractivity contribution < 1.29 is 9.53 Å². The number of anilines is 1. The highest BCUT2D eigenvalue weighted by molar-refractivity contribution is 5.97. The number of benzene rings is 1. The summed E-state index contributed by atoms with van der Waals surface area (Å²) in [7, 11) is 0. The van der Waals surface area contributed by atoms with Gasteiger partial charge in [-0.1, -0.05) is 6.07 Å². The van der Waals surface area contributed by atoms with Crippen LogP contribution < -0.4 is 5.32 Å². The first-order chi connectivity index (χ1) is 9.66. The normalized spacial score (nSPS) is 24.6. The third-order valence-corrected chi connectivity index (χ3v) is 4.19. The van der Waals surface area contributed by atoms with Gasteiger partial charge in [-0.15, -0.1) is 12.4 Å². The summed E-state index contributed by atoms with van der Waals surface area (Å²) in [6.07, 6.45) is 2.19. The van der Waals surface area contributed by atoms with E-state index in [9.17, 15) is 4.79 Å². The van der Waals surface area contributed by atoms with E-state index in [0.717, 1.165) is 30.6 Å². The van der Waals surface area contributed by atoms with Gasteiger partial charge in [0, 0.05) is 24.3 Å². The van der Waals surface area contributed by atoms with Crippen molar-refractivity contribution in [1.29, 1.82) is 0 Å². The Kier molecular flexibility index (Phi) is 5.12. The molecule has 0 radical (unpaired) electrons. The van der Waals surface area contributed by atoms with Crippen LogP contribution in [0.2, 0.25) is 0 Å². The molecule has 1 amide bonds. The molecule has 0 aromatic heterocycles. The third-order valence-electron chi connectivity index (χ3n) is 4.19. The number of nitrogens with one attached hydrogen (secondary N) is 1. The van der Waals surface area contributed by atoms with Gasteiger partial charge in [-0.2, -0.15) is 0 Å². The number of carbonyl (C=O) groups is 1. The van der Waals surface area contributed by atoms with Crippen molar-refractivity contribution in [1.82, 2.24) is 4.90 Å². The Balaban J connectivity index is 0.00000161. The Labute approximate surface area is 132 Å². The maximum absolute atomic E-state index is 12.9. The Morgan fingerprint density at radius 2 is 2.19 bits per heavy atom. The van der Waals surface area contributed by atoms with Crippen LogP contribution in [-0.2, 0) is 11.2 Å². The molecule has 0 spiro atoms. The lowest BCUT2D eigenvalue weighted by atomic mass is 9.96. The SMILES string of the molecule is CC1CN(C(=O)c2cccc3c2CCCN3)C(C)CO1.Cl. The quantitative estimate of drug-likeness (QED) is 0.867. The first-order valence-electron chi connectivity index (χ1n) is 7.45. The summed E-state index contributed by atoms with van der Waals surface area (Å²) in [5.41, 5.74) is 3.15. The maximum Gasteiger partial charge on any atom is 0.254 e. The number of ether oxygens (including phenoxy) is 1. The summed E-state index contributed by atoms with van der Waals surface area (Å²) in [6.45, 7) is 6.37. The number of morpholine rings is 1. The number of hydrogen-bond donors (Lipinski definition) is 1. The van der Waals surface area contributed by atoms with Crippen molar-refractivity contribution in [2.24, 2.45) is 0 Å². The predicted molar refractivity (Wildman–Crippen MR) is 86.4 cm³/mol. The number of nitrogens with zero attached hydrogens (tertiary/aromatic N) is 1. The molecule has 2 heterocycles. The van der Waals surface area contributed by atoms with Crippen LogP contribution in [0, 0.1) is 0 Å². The molecule has 3 rings (SSSR count). The van der Waals surface area contributed by atoms with Crippen molar-refractivity contribution >= 4 is 24.0 Å². The van der Waals surface area contributed by atoms with E-state index in [1.54, 1.807) is 0 Å². The molecule has 1 N–H and O–H groups in total. The Morgan fingerprint density at radius 3 is 3.00 bits per heavy atom. The largest absolute Gasteiger partial charge is 0.385 e. The zero-order chi connectivity index (χ0) is 14.1. The summed E-state index contributed by atoms with van der Waals surface area (Å²) in [4.78, 5) is 14.8. The predicted octanol–water partition coefficient (Wildman–Crippen LogP) is 2.72. The van der Waals surface area contributed by atoms with E-state index in [1.165, 1.54) is 5.56 Å². The molecule has 0 aliphatic carbocycles. The minimum Gasteiger partial charge on any atom is -0.385 e. The zero-order valence-corrected chi connectivity index (χ0v) is 13.4. The molecule has 1 aromatic carbocycles. The van der Waals surface area contributed by atoms with Gasteiger partial charge < -0.3 is 15.0 Å². The third kappa shape index (κ3) is 3.16. The smallest absolute Gasteiger partial charge is 0.254 e. The molecular weight excluding hydrogens is 288 g/mol. The Morgan fingerprint density at radius 1 is 1.38 bits per heavy atom. The number of halogens is 1. The van der Waals surface area contributed by atoms with Gasteiger partial charge in [0.2, 0.25) is 0 Å². The van der Waals surface area contributed by atoms with E-state index >= 15 is 0 Å². The van der Waals surface area contributed by atoms with Crippen LogP contribution in [0.4, 0.5) is 5.69 Å². The summed E-state index contributed by atoms with van der Waals surface area (Å²) in [6, 6.07) is 6.14. The van der Waals surface area contributed by atoms with Crippen molar-refractivity contribution in [3.63, 3.8) is 0 Å². The van der Waals surface area contributed by atoms with Gasteiger partial charge in [-0.05, 0) is 44.4 Å². The van der Waals surface area contributed by atoms with E-state index < -0.39 is 0 Å². The lowest BCUT2D eigenvalue weighted by Gasteiger charge is -2.37. The molecule has 2 aliphatic heterocycles. The highest BCUT2D eigenvalue weighted by atomic mass is 35.5. The highest BCUT2D eigenvalue weighted by Gasteiger charge is 2.30. The number of hydrogen-bond acceptors (Lipinski definition) is 3. The van der Waals surface area contributed by atoms with Gasteiger partial charge >= 0.3 is 0 Å². The molecule has 4 nitrogen and oxygen atoms in total. The van der Waals surface area contributed by atoms with Crippen LogP contribution in [0.25, 0.3) is 0 Å². The lowest BCUT2D eigenvalue weighted by Crippen LogP contribution is -2.50. The summed E-state index contributed by atoms with van der Waals surface area (Å²) in [5.74, 6) is 0.146. The maximum atomic E-state index is 12.9. The number of amides is 1. The van der Waals surface area contributed by atoms with E-state index in [1.807, 2.05) is 24.0 Å². The molecule has 116 valence electrons. The standard InChI is InChI=1S/C16H22N2O2.ClH/c1-11-10-20-12(2)9-18(11)16(19)14-5-3-7-15-13(14)6-4-8-17-15;/h3,5,7,11-12,17H,4,6,8-10H2,1-2H3;1H. The molecule has 2 unspecified atom stereocenters. The van der Waals surface area contributed by atoms with Crippen molar-refractivity contribution in [2.45, 2.75) is 38.8 Å². The summed E-state index contributed by atoms with van der Waals surface area (Å²) in [5, 5.41) is 3.39. The van der Waals surface area contributed by atoms with Crippen LogP contribution in [0.5, 0.6) is 0 Å². The first-order valence-corrected chi connectivity index (χ1v) is 7.45. The first kappa shape index (κ1) is 16.1. The van der Waals surface area contributed by atoms with Crippen LogP contribution in [0.15, 0.2) is 18.2 Å². The molecule has 1 saturated heterocycles. The van der Waals surface area contributed by atoms with Crippen LogP contribution >= 0.6 is 12.4 Å². The molecule has 21 heavy (non-hydrogen) atoms. The van der Waals surface area contributed by atoms with Gasteiger partial charge in [0.15, 0.2) is 0 Å². The highest BCUT2D eigenvalue weighted by Crippen LogP contribution is 2.27. The Bertz CT molecular complexity index is 521. The summed E-state index contributed by atoms with van der Waals surface area (Å²) >= 11 is 0. The van der Waals surface area contributed by atoms with Gasteiger partial charge in [-0.25, -0.2) is 0 Å². The van der Waals surface area contributed by atoms with Crippen molar-refractivity contribution in [2.75, 3.05) is 25.0 Å². The minimum absolute atomic E-state index is 0. The van der Waals surface area contributed by atoms with Gasteiger partial charge in [0.25, 0.3) is 5.91 Å². The topological polar surface area (TPSA) is 41.6 Å². The second-order valence-electron chi connectivity index (χ2n) is 5.81. The zero-order valence-electron chi connectivity index (χ0n) is 12.6. The Hall–Kier alpha value is -1.26. The second kappa shape index (κ2) is 6.67. The van der Waals surface area contributed by atoms with Gasteiger partial charge in [-0.3, -0.25) is 4.79 Å². The summed E-state index contributed by atoms with van der Waals surface area (Å²) < 4.78 is 5.61. The van der Waals surface area contributed by atoms with E-state index in [0.29, 0.717) is 13.2 Å². The average molecular weight is 311 g/mol. The van der Waals surface area contributed by atoms with Crippen LogP contribution in [0.1, 0.15) is 36.2 Å². The molecule has 0 bridgehead atoms. The van der Waals surface area contributed by atoms with Gasteiger partial charge in [0.1, 0.15) is 0 Å². The molecule has 2 atom stereocenters. The number of rotatable bonds is 1. The van der Waals surface area contributed by atoms with Crippen LogP contribution in [0.3, 0.4) is 0 Å². The van der Waals surface area contributed by atoms with Gasteiger partial charge in [0.05, 0.1) is 18.8 Å². The number of carbonyl (C=O) groups excluding carboxylic acids is 1. The van der Waals surface area contributed by atoms with E-state index in [4.69, 9.17) is 4.74 Å². The minimum atomic E-state index is 0. The molecule has 1 aromatic rings. The van der Waals surface area contributed by atoms with E-state index in [-0.39, 0.29) is 30.5 Å².